The number of hydrogen-bond donors (Lipinski definition) is 1. The maximum absolute atomic E-state index is 10.4. The summed E-state index contributed by atoms with van der Waals surface area (Å²) < 4.78 is 0. The lowest BCUT2D eigenvalue weighted by atomic mass is 10.2. The first kappa shape index (κ1) is 9.23. The van der Waals surface area contributed by atoms with Gasteiger partial charge in [0.05, 0.1) is 0 Å². The summed E-state index contributed by atoms with van der Waals surface area (Å²) in [7, 11) is 1.47. The normalized spacial score (nSPS) is 10.8. The highest BCUT2D eigenvalue weighted by Gasteiger charge is 2.13. The maximum Gasteiger partial charge on any atom is 0.438 e. The van der Waals surface area contributed by atoms with Gasteiger partial charge in [-0.3, -0.25) is 4.89 Å². The highest BCUT2D eigenvalue weighted by Crippen LogP contribution is 2.06. The predicted octanol–water partition coefficient (Wildman–Crippen LogP) is 1.07. The van der Waals surface area contributed by atoms with E-state index in [9.17, 15) is 4.79 Å². The summed E-state index contributed by atoms with van der Waals surface area (Å²) in [6.07, 6.45) is -0.588. The molecule has 0 radical (unpaired) electrons. The molecule has 0 rings (SSSR count). The van der Waals surface area contributed by atoms with E-state index < -0.39 is 11.7 Å². The van der Waals surface area contributed by atoms with Gasteiger partial charge in [-0.05, 0) is 20.8 Å². The summed E-state index contributed by atoms with van der Waals surface area (Å²) in [6, 6.07) is 0. The van der Waals surface area contributed by atoms with Crippen LogP contribution in [0.5, 0.6) is 0 Å². The van der Waals surface area contributed by atoms with E-state index in [1.165, 1.54) is 7.05 Å². The number of hydrogen-bond acceptors (Lipinski definition) is 3. The van der Waals surface area contributed by atoms with Crippen molar-refractivity contribution in [2.24, 2.45) is 0 Å². The highest BCUT2D eigenvalue weighted by atomic mass is 17.2. The van der Waals surface area contributed by atoms with Crippen molar-refractivity contribution in [1.82, 2.24) is 5.32 Å². The van der Waals surface area contributed by atoms with Gasteiger partial charge in [-0.25, -0.2) is 4.79 Å². The van der Waals surface area contributed by atoms with Crippen LogP contribution in [0.2, 0.25) is 0 Å². The van der Waals surface area contributed by atoms with Gasteiger partial charge in [0.15, 0.2) is 0 Å². The number of rotatable bonds is 1. The van der Waals surface area contributed by atoms with Crippen LogP contribution in [0.3, 0.4) is 0 Å². The quantitative estimate of drug-likeness (QED) is 0.446. The summed E-state index contributed by atoms with van der Waals surface area (Å²) in [4.78, 5) is 19.4. The fourth-order valence-electron chi connectivity index (χ4n) is 0.205. The molecule has 0 fully saturated rings. The lowest BCUT2D eigenvalue weighted by Crippen LogP contribution is -2.26. The second-order valence-electron chi connectivity index (χ2n) is 2.82. The van der Waals surface area contributed by atoms with E-state index in [1.807, 2.05) is 0 Å². The molecule has 4 heteroatoms. The van der Waals surface area contributed by atoms with Crippen LogP contribution in [-0.4, -0.2) is 18.7 Å². The summed E-state index contributed by atoms with van der Waals surface area (Å²) in [5.74, 6) is 0. The molecule has 0 aliphatic carbocycles. The van der Waals surface area contributed by atoms with E-state index in [2.05, 4.69) is 15.1 Å². The molecule has 0 bridgehead atoms. The number of nitrogens with one attached hydrogen (secondary N) is 1. The molecule has 0 aromatic carbocycles. The molecule has 0 unspecified atom stereocenters. The minimum absolute atomic E-state index is 0.452. The first-order valence-corrected chi connectivity index (χ1v) is 3.03. The van der Waals surface area contributed by atoms with Gasteiger partial charge in [-0.1, -0.05) is 0 Å². The molecule has 0 saturated heterocycles. The van der Waals surface area contributed by atoms with E-state index in [0.717, 1.165) is 0 Å². The monoisotopic (exact) mass is 147 g/mol. The Bertz CT molecular complexity index is 117. The van der Waals surface area contributed by atoms with E-state index in [0.29, 0.717) is 0 Å². The molecule has 0 aliphatic rings. The molecule has 1 N–H and O–H groups in total. The molecule has 1 amide bonds. The van der Waals surface area contributed by atoms with Crippen molar-refractivity contribution in [3.63, 3.8) is 0 Å². The van der Waals surface area contributed by atoms with Crippen molar-refractivity contribution in [3.05, 3.63) is 0 Å². The largest absolute Gasteiger partial charge is 0.438 e. The lowest BCUT2D eigenvalue weighted by molar-refractivity contribution is -0.300. The lowest BCUT2D eigenvalue weighted by Gasteiger charge is -2.15. The van der Waals surface area contributed by atoms with Crippen LogP contribution in [-0.2, 0) is 9.78 Å². The van der Waals surface area contributed by atoms with Crippen LogP contribution in [0.25, 0.3) is 0 Å². The van der Waals surface area contributed by atoms with E-state index in [1.54, 1.807) is 20.8 Å². The Morgan fingerprint density at radius 2 is 1.90 bits per heavy atom. The predicted molar refractivity (Wildman–Crippen MR) is 36.4 cm³/mol. The summed E-state index contributed by atoms with van der Waals surface area (Å²) in [5.41, 5.74) is -0.452. The Hall–Kier alpha value is -0.770. The van der Waals surface area contributed by atoms with Crippen LogP contribution in [0, 0.1) is 0 Å². The third-order valence-corrected chi connectivity index (χ3v) is 0.571. The van der Waals surface area contributed by atoms with Gasteiger partial charge in [0.2, 0.25) is 0 Å². The molecule has 0 aromatic heterocycles. The minimum Gasteiger partial charge on any atom is -0.322 e. The van der Waals surface area contributed by atoms with Crippen LogP contribution in [0.4, 0.5) is 4.79 Å². The van der Waals surface area contributed by atoms with Gasteiger partial charge in [-0.15, -0.1) is 0 Å². The van der Waals surface area contributed by atoms with Crippen molar-refractivity contribution in [2.75, 3.05) is 7.05 Å². The minimum atomic E-state index is -0.588. The number of carbonyl (C=O) groups is 1. The molecule has 0 aliphatic heterocycles. The Kier molecular flexibility index (Phi) is 3.15. The van der Waals surface area contributed by atoms with Crippen molar-refractivity contribution < 1.29 is 14.6 Å². The molecule has 0 heterocycles. The van der Waals surface area contributed by atoms with Gasteiger partial charge in [-0.2, -0.15) is 4.89 Å². The zero-order valence-corrected chi connectivity index (χ0v) is 6.72. The van der Waals surface area contributed by atoms with Gasteiger partial charge in [0, 0.05) is 7.05 Å². The van der Waals surface area contributed by atoms with Crippen LogP contribution in [0.1, 0.15) is 20.8 Å². The Labute approximate surface area is 60.4 Å². The topological polar surface area (TPSA) is 47.6 Å². The molecule has 4 nitrogen and oxygen atoms in total. The molecule has 0 spiro atoms. The molecular formula is C6H13NO3. The van der Waals surface area contributed by atoms with Gasteiger partial charge in [0.1, 0.15) is 5.60 Å². The Morgan fingerprint density at radius 3 is 2.20 bits per heavy atom. The third kappa shape index (κ3) is 5.37. The molecule has 0 aromatic rings. The van der Waals surface area contributed by atoms with Crippen molar-refractivity contribution >= 4 is 6.09 Å². The smallest absolute Gasteiger partial charge is 0.322 e. The highest BCUT2D eigenvalue weighted by molar-refractivity contribution is 5.65. The molecule has 0 atom stereocenters. The van der Waals surface area contributed by atoms with Crippen molar-refractivity contribution in [2.45, 2.75) is 26.4 Å². The first-order valence-electron chi connectivity index (χ1n) is 3.03. The molecular weight excluding hydrogens is 134 g/mol. The zero-order valence-electron chi connectivity index (χ0n) is 6.72. The fourth-order valence-corrected chi connectivity index (χ4v) is 0.205. The van der Waals surface area contributed by atoms with Crippen LogP contribution < -0.4 is 5.32 Å². The number of carbonyl (C=O) groups excluding carboxylic acids is 1. The second-order valence-corrected chi connectivity index (χ2v) is 2.82. The molecule has 10 heavy (non-hydrogen) atoms. The Balaban J connectivity index is 3.46. The number of amides is 1. The molecule has 60 valence electrons. The zero-order chi connectivity index (χ0) is 8.20. The van der Waals surface area contributed by atoms with Gasteiger partial charge < -0.3 is 5.32 Å². The van der Waals surface area contributed by atoms with Gasteiger partial charge >= 0.3 is 6.09 Å². The fraction of sp³-hybridized carbons (Fsp3) is 0.833. The summed E-state index contributed by atoms with van der Waals surface area (Å²) in [6.45, 7) is 5.36. The maximum atomic E-state index is 10.4. The SMILES string of the molecule is CNC(=O)OOC(C)(C)C. The van der Waals surface area contributed by atoms with Crippen molar-refractivity contribution in [1.29, 1.82) is 0 Å². The van der Waals surface area contributed by atoms with Crippen LogP contribution >= 0.6 is 0 Å². The average Bonchev–Trinajstić information content (AvgIpc) is 1.81. The summed E-state index contributed by atoms with van der Waals surface area (Å²) in [5, 5.41) is 2.25. The van der Waals surface area contributed by atoms with E-state index >= 15 is 0 Å². The third-order valence-electron chi connectivity index (χ3n) is 0.571. The van der Waals surface area contributed by atoms with E-state index in [-0.39, 0.29) is 0 Å². The Morgan fingerprint density at radius 1 is 1.40 bits per heavy atom. The second kappa shape index (κ2) is 3.41. The van der Waals surface area contributed by atoms with Crippen molar-refractivity contribution in [3.8, 4) is 0 Å². The van der Waals surface area contributed by atoms with Crippen LogP contribution in [0.15, 0.2) is 0 Å². The molecule has 0 saturated carbocycles. The van der Waals surface area contributed by atoms with Gasteiger partial charge in [0.25, 0.3) is 0 Å². The first-order chi connectivity index (χ1) is 4.45. The van der Waals surface area contributed by atoms with E-state index in [4.69, 9.17) is 0 Å². The standard InChI is InChI=1S/C6H13NO3/c1-6(2,3)10-9-5(8)7-4/h1-4H3,(H,7,8). The average molecular weight is 147 g/mol. The summed E-state index contributed by atoms with van der Waals surface area (Å²) >= 11 is 0.